The van der Waals surface area contributed by atoms with E-state index < -0.39 is 17.4 Å². The number of benzene rings is 1. The molecule has 0 aromatic heterocycles. The molecule has 0 saturated carbocycles. The molecule has 0 aliphatic heterocycles. The van der Waals surface area contributed by atoms with Crippen molar-refractivity contribution < 1.29 is 18.2 Å². The van der Waals surface area contributed by atoms with E-state index in [9.17, 15) is 13.6 Å². The molecule has 100 valence electrons. The molecule has 0 N–H and O–H groups in total. The number of carbonyl (C=O) groups excluding carboxylic acids is 1. The second kappa shape index (κ2) is 6.18. The molecule has 0 saturated heterocycles. The molecule has 0 amide bonds. The van der Waals surface area contributed by atoms with Crippen molar-refractivity contribution in [3.63, 3.8) is 0 Å². The zero-order chi connectivity index (χ0) is 14.6. The summed E-state index contributed by atoms with van der Waals surface area (Å²) in [6.45, 7) is 9.83. The van der Waals surface area contributed by atoms with Crippen LogP contribution in [-0.4, -0.2) is 23.1 Å². The molecule has 1 rings (SSSR count). The molecular weight excluding hydrogens is 248 g/mol. The highest BCUT2D eigenvalue weighted by molar-refractivity contribution is 5.97. The zero-order valence-corrected chi connectivity index (χ0v) is 11.0. The van der Waals surface area contributed by atoms with Crippen LogP contribution in [0, 0.1) is 25.5 Å². The molecule has 4 heteroatoms. The van der Waals surface area contributed by atoms with Crippen molar-refractivity contribution in [3.05, 3.63) is 59.8 Å². The number of nitrogens with zero attached hydrogens (tertiary/aromatic N) is 1. The summed E-state index contributed by atoms with van der Waals surface area (Å²) in [5.41, 5.74) is 0.124. The average Bonchev–Trinajstić information content (AvgIpc) is 2.39. The molecule has 1 aromatic rings. The molecule has 0 unspecified atom stereocenters. The van der Waals surface area contributed by atoms with Crippen LogP contribution in [0.2, 0.25) is 0 Å². The highest BCUT2D eigenvalue weighted by Crippen LogP contribution is 2.20. The summed E-state index contributed by atoms with van der Waals surface area (Å²) in [6, 6.07) is 0.940. The summed E-state index contributed by atoms with van der Waals surface area (Å²) in [5, 5.41) is 0. The van der Waals surface area contributed by atoms with Gasteiger partial charge in [0.2, 0.25) is 12.3 Å². The van der Waals surface area contributed by atoms with Gasteiger partial charge in [0.05, 0.1) is 5.56 Å². The Morgan fingerprint density at radius 3 is 2.47 bits per heavy atom. The van der Waals surface area contributed by atoms with Crippen molar-refractivity contribution >= 4 is 12.0 Å². The Morgan fingerprint density at radius 2 is 1.95 bits per heavy atom. The third kappa shape index (κ3) is 3.22. The molecule has 0 radical (unpaired) electrons. The lowest BCUT2D eigenvalue weighted by atomic mass is 10.0. The number of ketones is 1. The van der Waals surface area contributed by atoms with Crippen LogP contribution < -0.4 is 0 Å². The van der Waals surface area contributed by atoms with Gasteiger partial charge in [-0.3, -0.25) is 4.79 Å². The molecule has 0 heterocycles. The van der Waals surface area contributed by atoms with E-state index in [-0.39, 0.29) is 23.2 Å². The minimum Gasteiger partial charge on any atom is -0.287 e. The van der Waals surface area contributed by atoms with E-state index in [1.54, 1.807) is 0 Å². The molecule has 1 aromatic carbocycles. The number of halogens is 2. The number of carbonyl (C=O) groups is 1. The van der Waals surface area contributed by atoms with Gasteiger partial charge in [0.1, 0.15) is 11.6 Å². The maximum absolute atomic E-state index is 14.0. The van der Waals surface area contributed by atoms with Crippen LogP contribution in [0.15, 0.2) is 31.5 Å². The van der Waals surface area contributed by atoms with E-state index in [0.717, 1.165) is 6.07 Å². The molecule has 2 nitrogen and oxygen atoms in total. The fourth-order valence-electron chi connectivity index (χ4n) is 1.61. The third-order valence-electron chi connectivity index (χ3n) is 2.92. The Bertz CT molecular complexity index is 574. The second-order valence-corrected chi connectivity index (χ2v) is 4.13. The first kappa shape index (κ1) is 15.0. The Kier molecular flexibility index (Phi) is 4.87. The predicted molar refractivity (Wildman–Crippen MR) is 71.7 cm³/mol. The van der Waals surface area contributed by atoms with Gasteiger partial charge in [0.25, 0.3) is 0 Å². The summed E-state index contributed by atoms with van der Waals surface area (Å²) >= 11 is 0. The fourth-order valence-corrected chi connectivity index (χ4v) is 1.61. The van der Waals surface area contributed by atoms with Gasteiger partial charge >= 0.3 is 0 Å². The number of Topliss-reactive ketones (excluding diaryl/α,β-unsaturated/α-hetero) is 1. The van der Waals surface area contributed by atoms with Gasteiger partial charge in [0, 0.05) is 0 Å². The molecular formula is C15H16F2NO+. The van der Waals surface area contributed by atoms with Gasteiger partial charge in [-0.2, -0.15) is 4.58 Å². The third-order valence-corrected chi connectivity index (χ3v) is 2.92. The van der Waals surface area contributed by atoms with Crippen molar-refractivity contribution in [3.8, 4) is 0 Å². The van der Waals surface area contributed by atoms with Crippen LogP contribution in [0.4, 0.5) is 8.78 Å². The first-order chi connectivity index (χ1) is 8.92. The van der Waals surface area contributed by atoms with Crippen molar-refractivity contribution in [2.24, 2.45) is 0 Å². The van der Waals surface area contributed by atoms with Crippen molar-refractivity contribution in [2.45, 2.75) is 13.8 Å². The van der Waals surface area contributed by atoms with Crippen LogP contribution in [-0.2, 0) is 0 Å². The molecule has 0 aliphatic rings. The van der Waals surface area contributed by atoms with Crippen molar-refractivity contribution in [1.82, 2.24) is 0 Å². The van der Waals surface area contributed by atoms with E-state index in [2.05, 4.69) is 13.2 Å². The standard InChI is InChI=1S/C15H16F2NO/c1-5-7-18(6-2)9-14(19)12-8-13(16)10(3)11(4)15(12)17/h5-8H,1-2,9H2,3-4H3/q+1. The SMILES string of the molecule is C=CC=[N+](C=C)CC(=O)c1cc(F)c(C)c(C)c1F. The normalized spacial score (nSPS) is 11.3. The van der Waals surface area contributed by atoms with E-state index in [0.29, 0.717) is 0 Å². The second-order valence-electron chi connectivity index (χ2n) is 4.13. The molecule has 0 aliphatic carbocycles. The molecule has 0 spiro atoms. The topological polar surface area (TPSA) is 20.1 Å². The average molecular weight is 264 g/mol. The lowest BCUT2D eigenvalue weighted by Gasteiger charge is -2.07. The highest BCUT2D eigenvalue weighted by atomic mass is 19.1. The van der Waals surface area contributed by atoms with E-state index >= 15 is 0 Å². The molecule has 0 atom stereocenters. The van der Waals surface area contributed by atoms with Crippen molar-refractivity contribution in [1.29, 1.82) is 0 Å². The number of rotatable bonds is 5. The quantitative estimate of drug-likeness (QED) is 0.454. The van der Waals surface area contributed by atoms with E-state index in [4.69, 9.17) is 0 Å². The molecule has 19 heavy (non-hydrogen) atoms. The Balaban J connectivity index is 3.17. The number of allylic oxidation sites excluding steroid dienone is 1. The van der Waals surface area contributed by atoms with Gasteiger partial charge in [-0.25, -0.2) is 8.78 Å². The van der Waals surface area contributed by atoms with Gasteiger partial charge in [-0.15, -0.1) is 0 Å². The van der Waals surface area contributed by atoms with Crippen LogP contribution in [0.3, 0.4) is 0 Å². The van der Waals surface area contributed by atoms with E-state index in [1.165, 1.54) is 36.9 Å². The van der Waals surface area contributed by atoms with Gasteiger partial charge in [-0.1, -0.05) is 6.58 Å². The maximum Gasteiger partial charge on any atom is 0.230 e. The van der Waals surface area contributed by atoms with Crippen LogP contribution in [0.25, 0.3) is 0 Å². The summed E-state index contributed by atoms with van der Waals surface area (Å²) in [4.78, 5) is 12.0. The maximum atomic E-state index is 14.0. The van der Waals surface area contributed by atoms with Crippen LogP contribution in [0.5, 0.6) is 0 Å². The van der Waals surface area contributed by atoms with E-state index in [1.807, 2.05) is 0 Å². The summed E-state index contributed by atoms with van der Waals surface area (Å²) in [7, 11) is 0. The summed E-state index contributed by atoms with van der Waals surface area (Å²) in [5.74, 6) is -1.77. The predicted octanol–water partition coefficient (Wildman–Crippen LogP) is 3.18. The van der Waals surface area contributed by atoms with Gasteiger partial charge < -0.3 is 0 Å². The Labute approximate surface area is 111 Å². The van der Waals surface area contributed by atoms with Crippen LogP contribution >= 0.6 is 0 Å². The lowest BCUT2D eigenvalue weighted by molar-refractivity contribution is -0.435. The first-order valence-corrected chi connectivity index (χ1v) is 5.75. The molecule has 0 fully saturated rings. The number of hydrogen-bond donors (Lipinski definition) is 0. The van der Waals surface area contributed by atoms with Crippen LogP contribution in [0.1, 0.15) is 21.5 Å². The molecule has 0 bridgehead atoms. The summed E-state index contributed by atoms with van der Waals surface area (Å²) in [6.07, 6.45) is 4.42. The summed E-state index contributed by atoms with van der Waals surface area (Å²) < 4.78 is 29.0. The van der Waals surface area contributed by atoms with Gasteiger partial charge in [0.15, 0.2) is 12.4 Å². The monoisotopic (exact) mass is 264 g/mol. The van der Waals surface area contributed by atoms with Gasteiger partial charge in [-0.05, 0) is 43.7 Å². The Hall–Kier alpha value is -2.10. The number of hydrogen-bond acceptors (Lipinski definition) is 1. The zero-order valence-electron chi connectivity index (χ0n) is 11.0. The minimum absolute atomic E-state index is 0.117. The highest BCUT2D eigenvalue weighted by Gasteiger charge is 2.20. The minimum atomic E-state index is -0.675. The largest absolute Gasteiger partial charge is 0.287 e. The fraction of sp³-hybridized carbons (Fsp3) is 0.200. The van der Waals surface area contributed by atoms with Crippen molar-refractivity contribution in [2.75, 3.05) is 6.54 Å². The lowest BCUT2D eigenvalue weighted by Crippen LogP contribution is -2.19. The smallest absolute Gasteiger partial charge is 0.230 e. The first-order valence-electron chi connectivity index (χ1n) is 5.75. The Morgan fingerprint density at radius 1 is 1.32 bits per heavy atom.